The van der Waals surface area contributed by atoms with Crippen molar-refractivity contribution in [2.45, 2.75) is 39.2 Å². The van der Waals surface area contributed by atoms with Crippen LogP contribution in [0.4, 0.5) is 8.78 Å². The van der Waals surface area contributed by atoms with E-state index in [0.717, 1.165) is 6.54 Å². The Labute approximate surface area is 84.0 Å². The van der Waals surface area contributed by atoms with Gasteiger partial charge in [0.1, 0.15) is 6.61 Å². The van der Waals surface area contributed by atoms with Crippen molar-refractivity contribution in [3.05, 3.63) is 0 Å². The van der Waals surface area contributed by atoms with Crippen molar-refractivity contribution >= 4 is 0 Å². The lowest BCUT2D eigenvalue weighted by atomic mass is 9.95. The Morgan fingerprint density at radius 1 is 1.43 bits per heavy atom. The van der Waals surface area contributed by atoms with Gasteiger partial charge in [0.15, 0.2) is 0 Å². The molecule has 0 amide bonds. The first-order valence-electron chi connectivity index (χ1n) is 5.09. The van der Waals surface area contributed by atoms with Crippen LogP contribution in [-0.4, -0.2) is 32.2 Å². The van der Waals surface area contributed by atoms with Gasteiger partial charge >= 0.3 is 0 Å². The Balaban J connectivity index is 2.05. The summed E-state index contributed by atoms with van der Waals surface area (Å²) in [6, 6.07) is 0.657. The molecule has 0 spiro atoms. The van der Waals surface area contributed by atoms with Gasteiger partial charge < -0.3 is 10.1 Å². The lowest BCUT2D eigenvalue weighted by molar-refractivity contribution is -0.0123. The molecular formula is C10H19F2NO. The second-order valence-corrected chi connectivity index (χ2v) is 4.73. The minimum Gasteiger partial charge on any atom is -0.375 e. The molecule has 0 unspecified atom stereocenters. The molecule has 1 aliphatic rings. The molecule has 0 atom stereocenters. The first-order chi connectivity index (χ1) is 6.49. The van der Waals surface area contributed by atoms with Gasteiger partial charge in [-0.25, -0.2) is 8.78 Å². The van der Waals surface area contributed by atoms with Crippen molar-refractivity contribution in [2.75, 3.05) is 19.8 Å². The average molecular weight is 207 g/mol. The smallest absolute Gasteiger partial charge is 0.261 e. The van der Waals surface area contributed by atoms with Gasteiger partial charge in [-0.15, -0.1) is 0 Å². The minimum atomic E-state index is -2.36. The molecule has 0 aromatic heterocycles. The normalized spacial score (nSPS) is 17.8. The van der Waals surface area contributed by atoms with Gasteiger partial charge in [-0.2, -0.15) is 0 Å². The molecule has 1 rings (SSSR count). The van der Waals surface area contributed by atoms with Gasteiger partial charge in [0.2, 0.25) is 0 Å². The molecule has 4 heteroatoms. The van der Waals surface area contributed by atoms with Crippen LogP contribution in [0.1, 0.15) is 26.7 Å². The van der Waals surface area contributed by atoms with Crippen molar-refractivity contribution < 1.29 is 13.5 Å². The molecule has 0 aromatic rings. The minimum absolute atomic E-state index is 0.0581. The third kappa shape index (κ3) is 5.50. The molecule has 0 aromatic carbocycles. The van der Waals surface area contributed by atoms with E-state index in [1.54, 1.807) is 0 Å². The molecule has 0 radical (unpaired) electrons. The van der Waals surface area contributed by atoms with Gasteiger partial charge in [0.25, 0.3) is 6.43 Å². The predicted molar refractivity (Wildman–Crippen MR) is 51.6 cm³/mol. The summed E-state index contributed by atoms with van der Waals surface area (Å²) in [7, 11) is 0. The van der Waals surface area contributed by atoms with Crippen molar-refractivity contribution in [1.82, 2.24) is 5.32 Å². The number of alkyl halides is 2. The fourth-order valence-corrected chi connectivity index (χ4v) is 1.18. The summed E-state index contributed by atoms with van der Waals surface area (Å²) in [5.41, 5.74) is -0.0581. The monoisotopic (exact) mass is 207 g/mol. The molecule has 14 heavy (non-hydrogen) atoms. The van der Waals surface area contributed by atoms with Gasteiger partial charge in [-0.1, -0.05) is 13.8 Å². The Morgan fingerprint density at radius 2 is 2.07 bits per heavy atom. The zero-order valence-electron chi connectivity index (χ0n) is 8.85. The quantitative estimate of drug-likeness (QED) is 0.690. The molecule has 0 aliphatic heterocycles. The highest BCUT2D eigenvalue weighted by Crippen LogP contribution is 2.21. The van der Waals surface area contributed by atoms with Crippen molar-refractivity contribution in [3.63, 3.8) is 0 Å². The topological polar surface area (TPSA) is 21.3 Å². The van der Waals surface area contributed by atoms with E-state index >= 15 is 0 Å². The van der Waals surface area contributed by atoms with Crippen LogP contribution in [0.2, 0.25) is 0 Å². The molecule has 2 nitrogen and oxygen atoms in total. The van der Waals surface area contributed by atoms with Gasteiger partial charge in [0, 0.05) is 18.0 Å². The van der Waals surface area contributed by atoms with Gasteiger partial charge in [-0.3, -0.25) is 0 Å². The highest BCUT2D eigenvalue weighted by Gasteiger charge is 2.25. The maximum atomic E-state index is 11.8. The fourth-order valence-electron chi connectivity index (χ4n) is 1.18. The predicted octanol–water partition coefficient (Wildman–Crippen LogP) is 2.05. The molecule has 1 fully saturated rings. The van der Waals surface area contributed by atoms with E-state index in [-0.39, 0.29) is 5.41 Å². The summed E-state index contributed by atoms with van der Waals surface area (Å²) in [6.07, 6.45) is 0.129. The van der Waals surface area contributed by atoms with E-state index in [1.165, 1.54) is 12.8 Å². The van der Waals surface area contributed by atoms with E-state index in [1.807, 2.05) is 13.8 Å². The maximum Gasteiger partial charge on any atom is 0.261 e. The standard InChI is InChI=1S/C10H19F2NO/c1-10(2,6-13-8-3-4-8)7-14-5-9(11)12/h8-9,13H,3-7H2,1-2H3. The summed E-state index contributed by atoms with van der Waals surface area (Å²) < 4.78 is 28.5. The zero-order valence-corrected chi connectivity index (χ0v) is 8.85. The summed E-state index contributed by atoms with van der Waals surface area (Å²) >= 11 is 0. The molecule has 1 saturated carbocycles. The number of hydrogen-bond acceptors (Lipinski definition) is 2. The van der Waals surface area contributed by atoms with E-state index < -0.39 is 13.0 Å². The molecule has 1 N–H and O–H groups in total. The van der Waals surface area contributed by atoms with Crippen LogP contribution in [0.15, 0.2) is 0 Å². The largest absolute Gasteiger partial charge is 0.375 e. The summed E-state index contributed by atoms with van der Waals surface area (Å²) in [4.78, 5) is 0. The molecule has 0 bridgehead atoms. The van der Waals surface area contributed by atoms with Crippen LogP contribution >= 0.6 is 0 Å². The highest BCUT2D eigenvalue weighted by molar-refractivity contribution is 4.83. The van der Waals surface area contributed by atoms with Crippen molar-refractivity contribution in [3.8, 4) is 0 Å². The first-order valence-corrected chi connectivity index (χ1v) is 5.09. The van der Waals surface area contributed by atoms with Crippen LogP contribution < -0.4 is 5.32 Å². The molecule has 0 saturated heterocycles. The lowest BCUT2D eigenvalue weighted by Crippen LogP contribution is -2.34. The molecule has 0 heterocycles. The third-order valence-corrected chi connectivity index (χ3v) is 2.18. The molecule has 1 aliphatic carbocycles. The summed E-state index contributed by atoms with van der Waals surface area (Å²) in [5, 5.41) is 3.37. The number of ether oxygens (including phenoxy) is 1. The third-order valence-electron chi connectivity index (χ3n) is 2.18. The Morgan fingerprint density at radius 3 is 2.57 bits per heavy atom. The van der Waals surface area contributed by atoms with E-state index in [0.29, 0.717) is 12.6 Å². The van der Waals surface area contributed by atoms with Crippen LogP contribution in [-0.2, 0) is 4.74 Å². The average Bonchev–Trinajstić information content (AvgIpc) is 2.82. The van der Waals surface area contributed by atoms with Crippen LogP contribution in [0, 0.1) is 5.41 Å². The lowest BCUT2D eigenvalue weighted by Gasteiger charge is -2.24. The van der Waals surface area contributed by atoms with E-state index in [9.17, 15) is 8.78 Å². The van der Waals surface area contributed by atoms with Crippen LogP contribution in [0.3, 0.4) is 0 Å². The fraction of sp³-hybridized carbons (Fsp3) is 1.00. The SMILES string of the molecule is CC(C)(CNC1CC1)COCC(F)F. The molecule has 84 valence electrons. The first kappa shape index (κ1) is 11.9. The van der Waals surface area contributed by atoms with E-state index in [4.69, 9.17) is 4.74 Å². The Kier molecular flexibility index (Phi) is 4.26. The van der Waals surface area contributed by atoms with E-state index in [2.05, 4.69) is 5.32 Å². The number of rotatable bonds is 7. The van der Waals surface area contributed by atoms with Gasteiger partial charge in [-0.05, 0) is 12.8 Å². The van der Waals surface area contributed by atoms with Crippen LogP contribution in [0.25, 0.3) is 0 Å². The maximum absolute atomic E-state index is 11.8. The second kappa shape index (κ2) is 5.03. The highest BCUT2D eigenvalue weighted by atomic mass is 19.3. The number of hydrogen-bond donors (Lipinski definition) is 1. The van der Waals surface area contributed by atoms with Crippen LogP contribution in [0.5, 0.6) is 0 Å². The van der Waals surface area contributed by atoms with Crippen molar-refractivity contribution in [1.29, 1.82) is 0 Å². The number of halogens is 2. The Hall–Kier alpha value is -0.220. The summed E-state index contributed by atoms with van der Waals surface area (Å²) in [5.74, 6) is 0. The zero-order chi connectivity index (χ0) is 10.6. The van der Waals surface area contributed by atoms with Gasteiger partial charge in [0.05, 0.1) is 6.61 Å². The number of nitrogens with one attached hydrogen (secondary N) is 1. The van der Waals surface area contributed by atoms with Crippen molar-refractivity contribution in [2.24, 2.45) is 5.41 Å². The summed E-state index contributed by atoms with van der Waals surface area (Å²) in [6.45, 7) is 4.81. The molecular weight excluding hydrogens is 188 g/mol. The second-order valence-electron chi connectivity index (χ2n) is 4.73. The Bertz CT molecular complexity index is 170.